The van der Waals surface area contributed by atoms with Crippen molar-refractivity contribution >= 4 is 15.7 Å². The van der Waals surface area contributed by atoms with E-state index in [0.717, 1.165) is 0 Å². The Morgan fingerprint density at radius 1 is 1.50 bits per heavy atom. The first-order valence-electron chi connectivity index (χ1n) is 6.09. The Hall–Kier alpha value is -0.660. The van der Waals surface area contributed by atoms with Gasteiger partial charge in [0.25, 0.3) is 0 Å². The molecule has 1 atom stereocenters. The van der Waals surface area contributed by atoms with Crippen LogP contribution in [0.2, 0.25) is 0 Å². The largest absolute Gasteiger partial charge is 0.388 e. The minimum absolute atomic E-state index is 0.0763. The number of hydrogen-bond donors (Lipinski definition) is 1. The maximum Gasteiger partial charge on any atom is 0.236 e. The predicted octanol–water partition coefficient (Wildman–Crippen LogP) is -1.30. The fourth-order valence-electron chi connectivity index (χ4n) is 2.62. The lowest BCUT2D eigenvalue weighted by Crippen LogP contribution is -2.62. The normalized spacial score (nSPS) is 29.8. The molecule has 1 amide bonds. The van der Waals surface area contributed by atoms with Crippen LogP contribution >= 0.6 is 0 Å². The minimum atomic E-state index is -2.96. The fourth-order valence-corrected chi connectivity index (χ4v) is 4.39. The summed E-state index contributed by atoms with van der Waals surface area (Å²) in [6.07, 6.45) is 0.530. The minimum Gasteiger partial charge on any atom is -0.388 e. The van der Waals surface area contributed by atoms with Crippen LogP contribution in [-0.4, -0.2) is 79.1 Å². The lowest BCUT2D eigenvalue weighted by atomic mass is 9.97. The van der Waals surface area contributed by atoms with Gasteiger partial charge >= 0.3 is 0 Å². The van der Waals surface area contributed by atoms with Crippen LogP contribution < -0.4 is 0 Å². The highest BCUT2D eigenvalue weighted by atomic mass is 32.2. The van der Waals surface area contributed by atoms with Crippen molar-refractivity contribution in [3.63, 3.8) is 0 Å². The lowest BCUT2D eigenvalue weighted by Gasteiger charge is -2.44. The Labute approximate surface area is 107 Å². The van der Waals surface area contributed by atoms with Gasteiger partial charge in [-0.05, 0) is 13.3 Å². The van der Waals surface area contributed by atoms with Gasteiger partial charge < -0.3 is 10.0 Å². The number of hydrogen-bond acceptors (Lipinski definition) is 5. The molecule has 1 unspecified atom stereocenters. The maximum absolute atomic E-state index is 12.0. The Balaban J connectivity index is 1.83. The molecule has 0 aromatic rings. The molecule has 2 aliphatic heterocycles. The quantitative estimate of drug-likeness (QED) is 0.693. The summed E-state index contributed by atoms with van der Waals surface area (Å²) in [6.45, 7) is 2.98. The number of likely N-dealkylation sites (tertiary alicyclic amines) is 1. The number of sulfone groups is 1. The monoisotopic (exact) mass is 276 g/mol. The highest BCUT2D eigenvalue weighted by Crippen LogP contribution is 2.21. The summed E-state index contributed by atoms with van der Waals surface area (Å²) < 4.78 is 22.7. The van der Waals surface area contributed by atoms with E-state index >= 15 is 0 Å². The van der Waals surface area contributed by atoms with E-state index in [1.165, 1.54) is 4.90 Å². The zero-order chi connectivity index (χ0) is 13.6. The van der Waals surface area contributed by atoms with Crippen molar-refractivity contribution in [1.82, 2.24) is 9.80 Å². The van der Waals surface area contributed by atoms with Gasteiger partial charge in [-0.2, -0.15) is 0 Å². The van der Waals surface area contributed by atoms with Crippen LogP contribution in [0, 0.1) is 0 Å². The van der Waals surface area contributed by atoms with E-state index in [1.54, 1.807) is 14.0 Å². The summed E-state index contributed by atoms with van der Waals surface area (Å²) in [5, 5.41) is 9.57. The summed E-state index contributed by atoms with van der Waals surface area (Å²) in [6, 6.07) is -0.190. The van der Waals surface area contributed by atoms with E-state index in [0.29, 0.717) is 19.5 Å². The third kappa shape index (κ3) is 3.02. The van der Waals surface area contributed by atoms with Gasteiger partial charge in [-0.15, -0.1) is 0 Å². The van der Waals surface area contributed by atoms with Crippen molar-refractivity contribution in [3.8, 4) is 0 Å². The molecule has 0 aromatic heterocycles. The second kappa shape index (κ2) is 4.47. The zero-order valence-corrected chi connectivity index (χ0v) is 11.6. The van der Waals surface area contributed by atoms with E-state index < -0.39 is 15.4 Å². The first-order chi connectivity index (χ1) is 8.19. The Bertz CT molecular complexity index is 438. The van der Waals surface area contributed by atoms with Crippen LogP contribution in [0.4, 0.5) is 0 Å². The molecule has 0 saturated carbocycles. The lowest BCUT2D eigenvalue weighted by molar-refractivity contribution is -0.140. The molecule has 2 aliphatic rings. The highest BCUT2D eigenvalue weighted by Gasteiger charge is 2.39. The highest BCUT2D eigenvalue weighted by molar-refractivity contribution is 7.91. The molecule has 0 bridgehead atoms. The maximum atomic E-state index is 12.0. The van der Waals surface area contributed by atoms with Crippen molar-refractivity contribution in [3.05, 3.63) is 0 Å². The molecule has 2 saturated heterocycles. The van der Waals surface area contributed by atoms with E-state index in [2.05, 4.69) is 0 Å². The van der Waals surface area contributed by atoms with Crippen LogP contribution in [0.3, 0.4) is 0 Å². The van der Waals surface area contributed by atoms with Crippen LogP contribution in [0.5, 0.6) is 0 Å². The second-order valence-electron chi connectivity index (χ2n) is 5.70. The molecule has 2 fully saturated rings. The van der Waals surface area contributed by atoms with E-state index in [1.807, 2.05) is 4.90 Å². The second-order valence-corrected chi connectivity index (χ2v) is 7.93. The molecule has 6 nitrogen and oxygen atoms in total. The van der Waals surface area contributed by atoms with E-state index in [-0.39, 0.29) is 30.0 Å². The van der Waals surface area contributed by atoms with Crippen molar-refractivity contribution in [1.29, 1.82) is 0 Å². The van der Waals surface area contributed by atoms with E-state index in [9.17, 15) is 18.3 Å². The van der Waals surface area contributed by atoms with Crippen molar-refractivity contribution < 1.29 is 18.3 Å². The van der Waals surface area contributed by atoms with Crippen molar-refractivity contribution in [2.45, 2.75) is 25.0 Å². The van der Waals surface area contributed by atoms with Crippen LogP contribution in [0.1, 0.15) is 13.3 Å². The number of carbonyl (C=O) groups excluding carboxylic acids is 1. The molecule has 2 heterocycles. The van der Waals surface area contributed by atoms with Gasteiger partial charge in [-0.25, -0.2) is 8.42 Å². The molecule has 104 valence electrons. The molecule has 18 heavy (non-hydrogen) atoms. The summed E-state index contributed by atoms with van der Waals surface area (Å²) in [5.74, 6) is 0.174. The summed E-state index contributed by atoms with van der Waals surface area (Å²) in [5.41, 5.74) is -0.685. The molecular weight excluding hydrogens is 256 g/mol. The predicted molar refractivity (Wildman–Crippen MR) is 66.9 cm³/mol. The molecule has 2 rings (SSSR count). The molecule has 0 radical (unpaired) electrons. The number of carbonyl (C=O) groups is 1. The standard InChI is InChI=1S/C11H20N2O4S/c1-11(15)7-13(8-11)5-10(14)12(2)9-3-4-18(16,17)6-9/h9,15H,3-8H2,1-2H3. The smallest absolute Gasteiger partial charge is 0.236 e. The molecule has 0 aliphatic carbocycles. The van der Waals surface area contributed by atoms with Gasteiger partial charge in [0.1, 0.15) is 0 Å². The first-order valence-corrected chi connectivity index (χ1v) is 7.91. The number of likely N-dealkylation sites (N-methyl/N-ethyl adjacent to an activating group) is 1. The van der Waals surface area contributed by atoms with Gasteiger partial charge in [-0.1, -0.05) is 0 Å². The van der Waals surface area contributed by atoms with Gasteiger partial charge in [0.15, 0.2) is 9.84 Å². The summed E-state index contributed by atoms with van der Waals surface area (Å²) in [7, 11) is -1.30. The van der Waals surface area contributed by atoms with Gasteiger partial charge in [0.2, 0.25) is 5.91 Å². The summed E-state index contributed by atoms with van der Waals surface area (Å²) >= 11 is 0. The third-order valence-corrected chi connectivity index (χ3v) is 5.39. The average molecular weight is 276 g/mol. The molecule has 7 heteroatoms. The fraction of sp³-hybridized carbons (Fsp3) is 0.909. The topological polar surface area (TPSA) is 77.9 Å². The molecule has 0 spiro atoms. The molecular formula is C11H20N2O4S. The average Bonchev–Trinajstić information content (AvgIpc) is 2.54. The Kier molecular flexibility index (Phi) is 3.42. The number of rotatable bonds is 3. The molecule has 0 aromatic carbocycles. The SMILES string of the molecule is CN(C(=O)CN1CC(C)(O)C1)C1CCS(=O)(=O)C1. The first kappa shape index (κ1) is 13.8. The van der Waals surface area contributed by atoms with E-state index in [4.69, 9.17) is 0 Å². The number of aliphatic hydroxyl groups is 1. The van der Waals surface area contributed by atoms with Gasteiger partial charge in [-0.3, -0.25) is 9.69 Å². The molecule has 1 N–H and O–H groups in total. The van der Waals surface area contributed by atoms with Crippen LogP contribution in [0.25, 0.3) is 0 Å². The van der Waals surface area contributed by atoms with Crippen LogP contribution in [-0.2, 0) is 14.6 Å². The Morgan fingerprint density at radius 2 is 2.11 bits per heavy atom. The zero-order valence-electron chi connectivity index (χ0n) is 10.8. The van der Waals surface area contributed by atoms with Crippen LogP contribution in [0.15, 0.2) is 0 Å². The number of amides is 1. The summed E-state index contributed by atoms with van der Waals surface area (Å²) in [4.78, 5) is 15.4. The van der Waals surface area contributed by atoms with Crippen molar-refractivity contribution in [2.75, 3.05) is 38.2 Å². The van der Waals surface area contributed by atoms with Gasteiger partial charge in [0.05, 0.1) is 23.7 Å². The Morgan fingerprint density at radius 3 is 2.56 bits per heavy atom. The number of β-amino-alcohol motifs (C(OH)–C–C–N with tert-alkyl or cyclic N) is 1. The van der Waals surface area contributed by atoms with Crippen molar-refractivity contribution in [2.24, 2.45) is 0 Å². The van der Waals surface area contributed by atoms with Gasteiger partial charge in [0, 0.05) is 26.2 Å². The third-order valence-electron chi connectivity index (χ3n) is 3.64. The number of nitrogens with zero attached hydrogens (tertiary/aromatic N) is 2.